The Morgan fingerprint density at radius 1 is 1.29 bits per heavy atom. The molecule has 0 unspecified atom stereocenters. The first-order valence-electron chi connectivity index (χ1n) is 4.28. The van der Waals surface area contributed by atoms with Crippen LogP contribution >= 0.6 is 0 Å². The molecule has 0 bridgehead atoms. The molecule has 1 aromatic rings. The van der Waals surface area contributed by atoms with Crippen LogP contribution in [0.2, 0.25) is 0 Å². The smallest absolute Gasteiger partial charge is 0.330 e. The molecule has 1 aromatic carbocycles. The van der Waals surface area contributed by atoms with Crippen molar-refractivity contribution in [2.75, 3.05) is 14.1 Å². The lowest BCUT2D eigenvalue weighted by molar-refractivity contribution is -0.131. The number of carboxylic acids is 1. The van der Waals surface area contributed by atoms with Gasteiger partial charge in [-0.1, -0.05) is 30.3 Å². The number of hydrogen-bond acceptors (Lipinski definition) is 2. The predicted molar refractivity (Wildman–Crippen MR) is 55.7 cm³/mol. The Hall–Kier alpha value is -1.77. The van der Waals surface area contributed by atoms with Crippen molar-refractivity contribution in [1.29, 1.82) is 0 Å². The molecule has 3 nitrogen and oxygen atoms in total. The van der Waals surface area contributed by atoms with Gasteiger partial charge in [-0.2, -0.15) is 0 Å². The summed E-state index contributed by atoms with van der Waals surface area (Å²) in [6.07, 6.45) is 1.20. The van der Waals surface area contributed by atoms with E-state index in [1.54, 1.807) is 4.90 Å². The molecule has 1 rings (SSSR count). The summed E-state index contributed by atoms with van der Waals surface area (Å²) in [6, 6.07) is 9.43. The topological polar surface area (TPSA) is 40.5 Å². The lowest BCUT2D eigenvalue weighted by Gasteiger charge is -2.16. The minimum Gasteiger partial charge on any atom is -0.478 e. The van der Waals surface area contributed by atoms with E-state index in [9.17, 15) is 4.79 Å². The zero-order valence-corrected chi connectivity index (χ0v) is 8.27. The minimum atomic E-state index is -0.933. The van der Waals surface area contributed by atoms with E-state index in [4.69, 9.17) is 5.11 Å². The zero-order chi connectivity index (χ0) is 10.6. The predicted octanol–water partition coefficient (Wildman–Crippen LogP) is 1.67. The molecule has 0 atom stereocenters. The molecule has 1 N–H and O–H groups in total. The number of aliphatic carboxylic acids is 1. The van der Waals surface area contributed by atoms with Crippen LogP contribution < -0.4 is 0 Å². The van der Waals surface area contributed by atoms with Crippen LogP contribution in [0, 0.1) is 0 Å². The van der Waals surface area contributed by atoms with Crippen molar-refractivity contribution in [3.8, 4) is 0 Å². The summed E-state index contributed by atoms with van der Waals surface area (Å²) in [5.74, 6) is -0.933. The fourth-order valence-corrected chi connectivity index (χ4v) is 1.20. The Morgan fingerprint density at radius 2 is 1.86 bits per heavy atom. The summed E-state index contributed by atoms with van der Waals surface area (Å²) in [6.45, 7) is 0. The van der Waals surface area contributed by atoms with Crippen LogP contribution in [0.4, 0.5) is 0 Å². The summed E-state index contributed by atoms with van der Waals surface area (Å²) in [5, 5.41) is 8.69. The molecule has 14 heavy (non-hydrogen) atoms. The van der Waals surface area contributed by atoms with E-state index in [2.05, 4.69) is 0 Å². The second kappa shape index (κ2) is 4.46. The number of hydrogen-bond donors (Lipinski definition) is 1. The van der Waals surface area contributed by atoms with Gasteiger partial charge in [-0.15, -0.1) is 0 Å². The van der Waals surface area contributed by atoms with Crippen molar-refractivity contribution in [2.24, 2.45) is 0 Å². The van der Waals surface area contributed by atoms with Gasteiger partial charge in [0, 0.05) is 20.2 Å². The van der Waals surface area contributed by atoms with E-state index in [0.29, 0.717) is 5.70 Å². The number of carbonyl (C=O) groups is 1. The van der Waals surface area contributed by atoms with Gasteiger partial charge in [0.05, 0.1) is 5.70 Å². The van der Waals surface area contributed by atoms with E-state index >= 15 is 0 Å². The summed E-state index contributed by atoms with van der Waals surface area (Å²) < 4.78 is 0. The van der Waals surface area contributed by atoms with E-state index in [-0.39, 0.29) is 0 Å². The largest absolute Gasteiger partial charge is 0.478 e. The van der Waals surface area contributed by atoms with Crippen molar-refractivity contribution < 1.29 is 9.90 Å². The maximum atomic E-state index is 10.6. The first-order valence-corrected chi connectivity index (χ1v) is 4.28. The summed E-state index contributed by atoms with van der Waals surface area (Å²) in [4.78, 5) is 12.4. The molecule has 0 aliphatic heterocycles. The molecule has 0 saturated heterocycles. The van der Waals surface area contributed by atoms with Crippen molar-refractivity contribution >= 4 is 11.7 Å². The molecule has 0 aliphatic carbocycles. The van der Waals surface area contributed by atoms with Gasteiger partial charge in [0.1, 0.15) is 0 Å². The van der Waals surface area contributed by atoms with Crippen molar-refractivity contribution in [3.05, 3.63) is 42.0 Å². The maximum absolute atomic E-state index is 10.6. The highest BCUT2D eigenvalue weighted by atomic mass is 16.4. The average molecular weight is 191 g/mol. The Labute approximate surface area is 83.3 Å². The van der Waals surface area contributed by atoms with Gasteiger partial charge in [0.15, 0.2) is 0 Å². The summed E-state index contributed by atoms with van der Waals surface area (Å²) in [7, 11) is 3.64. The highest BCUT2D eigenvalue weighted by Gasteiger charge is 2.04. The van der Waals surface area contributed by atoms with Gasteiger partial charge < -0.3 is 10.0 Å². The zero-order valence-electron chi connectivity index (χ0n) is 8.27. The highest BCUT2D eigenvalue weighted by molar-refractivity contribution is 5.89. The molecular weight excluding hydrogens is 178 g/mol. The molecule has 0 saturated carbocycles. The van der Waals surface area contributed by atoms with E-state index in [1.165, 1.54) is 6.08 Å². The first-order chi connectivity index (χ1) is 6.61. The van der Waals surface area contributed by atoms with Gasteiger partial charge in [0.2, 0.25) is 0 Å². The van der Waals surface area contributed by atoms with Crippen LogP contribution in [0.1, 0.15) is 5.56 Å². The molecule has 0 radical (unpaired) electrons. The Balaban J connectivity index is 3.08. The number of nitrogens with zero attached hydrogens (tertiary/aromatic N) is 1. The highest BCUT2D eigenvalue weighted by Crippen LogP contribution is 2.15. The molecule has 0 aromatic heterocycles. The minimum absolute atomic E-state index is 0.693. The standard InChI is InChI=1S/C11H13NO2/c1-12(2)10(8-11(13)14)9-6-4-3-5-7-9/h3-8H,1-2H3,(H,13,14). The third kappa shape index (κ3) is 2.62. The average Bonchev–Trinajstić information content (AvgIpc) is 2.15. The first kappa shape index (κ1) is 10.3. The van der Waals surface area contributed by atoms with Crippen molar-refractivity contribution in [3.63, 3.8) is 0 Å². The summed E-state index contributed by atoms with van der Waals surface area (Å²) in [5.41, 5.74) is 1.60. The van der Waals surface area contributed by atoms with Gasteiger partial charge in [-0.05, 0) is 5.56 Å². The lowest BCUT2D eigenvalue weighted by atomic mass is 10.1. The second-order valence-corrected chi connectivity index (χ2v) is 3.13. The third-order valence-corrected chi connectivity index (χ3v) is 1.81. The molecular formula is C11H13NO2. The third-order valence-electron chi connectivity index (χ3n) is 1.81. The van der Waals surface area contributed by atoms with E-state index in [1.807, 2.05) is 44.4 Å². The van der Waals surface area contributed by atoms with Gasteiger partial charge in [-0.3, -0.25) is 0 Å². The fourth-order valence-electron chi connectivity index (χ4n) is 1.20. The fraction of sp³-hybridized carbons (Fsp3) is 0.182. The van der Waals surface area contributed by atoms with Crippen LogP contribution in [-0.4, -0.2) is 30.1 Å². The molecule has 0 fully saturated rings. The number of rotatable bonds is 3. The number of benzene rings is 1. The monoisotopic (exact) mass is 191 g/mol. The maximum Gasteiger partial charge on any atom is 0.330 e. The normalized spacial score (nSPS) is 11.1. The quantitative estimate of drug-likeness (QED) is 0.739. The van der Waals surface area contributed by atoms with E-state index in [0.717, 1.165) is 5.56 Å². The molecule has 0 amide bonds. The second-order valence-electron chi connectivity index (χ2n) is 3.13. The molecule has 3 heteroatoms. The van der Waals surface area contributed by atoms with Crippen LogP contribution in [0.3, 0.4) is 0 Å². The SMILES string of the molecule is CN(C)C(=CC(=O)O)c1ccccc1. The van der Waals surface area contributed by atoms with E-state index < -0.39 is 5.97 Å². The van der Waals surface area contributed by atoms with Crippen LogP contribution in [0.5, 0.6) is 0 Å². The molecule has 0 heterocycles. The van der Waals surface area contributed by atoms with Gasteiger partial charge in [-0.25, -0.2) is 4.79 Å². The van der Waals surface area contributed by atoms with Crippen LogP contribution in [0.25, 0.3) is 5.70 Å². The molecule has 74 valence electrons. The molecule has 0 spiro atoms. The number of carboxylic acid groups (broad SMARTS) is 1. The van der Waals surface area contributed by atoms with Gasteiger partial charge in [0.25, 0.3) is 0 Å². The Morgan fingerprint density at radius 3 is 2.29 bits per heavy atom. The van der Waals surface area contributed by atoms with Crippen molar-refractivity contribution in [2.45, 2.75) is 0 Å². The Kier molecular flexibility index (Phi) is 3.29. The molecule has 0 aliphatic rings. The summed E-state index contributed by atoms with van der Waals surface area (Å²) >= 11 is 0. The lowest BCUT2D eigenvalue weighted by Crippen LogP contribution is -2.11. The van der Waals surface area contributed by atoms with Gasteiger partial charge >= 0.3 is 5.97 Å². The van der Waals surface area contributed by atoms with Crippen molar-refractivity contribution in [1.82, 2.24) is 4.90 Å². The van der Waals surface area contributed by atoms with Crippen LogP contribution in [0.15, 0.2) is 36.4 Å². The van der Waals surface area contributed by atoms with Crippen LogP contribution in [-0.2, 0) is 4.79 Å². The Bertz CT molecular complexity index is 342.